The average molecular weight is 352 g/mol. The predicted molar refractivity (Wildman–Crippen MR) is 96.7 cm³/mol. The average Bonchev–Trinajstić information content (AvgIpc) is 2.91. The van der Waals surface area contributed by atoms with E-state index in [0.29, 0.717) is 29.8 Å². The highest BCUT2D eigenvalue weighted by molar-refractivity contribution is 5.99. The molecule has 3 N–H and O–H groups in total. The molecule has 0 radical (unpaired) electrons. The highest BCUT2D eigenvalue weighted by atomic mass is 35.5. The lowest BCUT2D eigenvalue weighted by molar-refractivity contribution is 0.0924. The summed E-state index contributed by atoms with van der Waals surface area (Å²) in [6.45, 7) is 2.66. The summed E-state index contributed by atoms with van der Waals surface area (Å²) in [5.41, 5.74) is 1.09. The van der Waals surface area contributed by atoms with Gasteiger partial charge in [0.2, 0.25) is 0 Å². The Morgan fingerprint density at radius 2 is 1.75 bits per heavy atom. The van der Waals surface area contributed by atoms with Gasteiger partial charge < -0.3 is 16.0 Å². The molecule has 2 fully saturated rings. The van der Waals surface area contributed by atoms with Crippen LogP contribution in [0.5, 0.6) is 0 Å². The van der Waals surface area contributed by atoms with Gasteiger partial charge >= 0.3 is 0 Å². The van der Waals surface area contributed by atoms with Gasteiger partial charge in [-0.15, -0.1) is 12.4 Å². The molecule has 2 bridgehead atoms. The van der Waals surface area contributed by atoms with Crippen LogP contribution in [0.4, 0.5) is 0 Å². The molecule has 24 heavy (non-hydrogen) atoms. The first kappa shape index (κ1) is 18.7. The normalized spacial score (nSPS) is 24.8. The van der Waals surface area contributed by atoms with E-state index in [9.17, 15) is 9.59 Å². The molecule has 1 aromatic carbocycles. The van der Waals surface area contributed by atoms with Crippen molar-refractivity contribution in [3.63, 3.8) is 0 Å². The number of hydrogen-bond donors (Lipinski definition) is 3. The largest absolute Gasteiger partial charge is 0.352 e. The van der Waals surface area contributed by atoms with E-state index in [1.807, 2.05) is 6.92 Å². The molecular formula is C18H26ClN3O2. The summed E-state index contributed by atoms with van der Waals surface area (Å²) in [6, 6.07) is 8.28. The van der Waals surface area contributed by atoms with Crippen LogP contribution in [-0.4, -0.2) is 36.5 Å². The van der Waals surface area contributed by atoms with E-state index in [0.717, 1.165) is 19.3 Å². The lowest BCUT2D eigenvalue weighted by Gasteiger charge is -2.29. The van der Waals surface area contributed by atoms with Gasteiger partial charge in [-0.3, -0.25) is 9.59 Å². The van der Waals surface area contributed by atoms with E-state index in [2.05, 4.69) is 16.0 Å². The van der Waals surface area contributed by atoms with Crippen molar-refractivity contribution in [3.05, 3.63) is 35.4 Å². The van der Waals surface area contributed by atoms with E-state index in [1.165, 1.54) is 12.8 Å². The molecule has 6 heteroatoms. The van der Waals surface area contributed by atoms with E-state index in [4.69, 9.17) is 0 Å². The van der Waals surface area contributed by atoms with Crippen molar-refractivity contribution in [1.82, 2.24) is 16.0 Å². The van der Waals surface area contributed by atoms with Crippen LogP contribution >= 0.6 is 12.4 Å². The van der Waals surface area contributed by atoms with Crippen LogP contribution in [0.1, 0.15) is 59.7 Å². The predicted octanol–water partition coefficient (Wildman–Crippen LogP) is 2.26. The number of hydrogen-bond acceptors (Lipinski definition) is 3. The van der Waals surface area contributed by atoms with Crippen LogP contribution in [0.3, 0.4) is 0 Å². The summed E-state index contributed by atoms with van der Waals surface area (Å²) in [7, 11) is 0. The number of carbonyl (C=O) groups is 2. The Labute approximate surface area is 149 Å². The highest BCUT2D eigenvalue weighted by Gasteiger charge is 2.34. The van der Waals surface area contributed by atoms with Crippen molar-refractivity contribution in [2.24, 2.45) is 0 Å². The molecule has 0 saturated carbocycles. The molecular weight excluding hydrogens is 326 g/mol. The fourth-order valence-corrected chi connectivity index (χ4v) is 3.59. The van der Waals surface area contributed by atoms with Crippen LogP contribution in [0.25, 0.3) is 0 Å². The topological polar surface area (TPSA) is 70.2 Å². The molecule has 2 atom stereocenters. The van der Waals surface area contributed by atoms with Crippen LogP contribution in [0, 0.1) is 0 Å². The molecule has 3 rings (SSSR count). The number of nitrogens with one attached hydrogen (secondary N) is 3. The van der Waals surface area contributed by atoms with Crippen LogP contribution in [0.15, 0.2) is 24.3 Å². The van der Waals surface area contributed by atoms with Gasteiger partial charge in [0.15, 0.2) is 0 Å². The second kappa shape index (κ2) is 8.49. The second-order valence-corrected chi connectivity index (χ2v) is 6.62. The number of fused-ring (bicyclic) bond motifs is 2. The summed E-state index contributed by atoms with van der Waals surface area (Å²) < 4.78 is 0. The van der Waals surface area contributed by atoms with Crippen molar-refractivity contribution in [2.45, 2.75) is 57.2 Å². The fourth-order valence-electron chi connectivity index (χ4n) is 3.59. The molecule has 0 spiro atoms. The summed E-state index contributed by atoms with van der Waals surface area (Å²) in [6.07, 6.45) is 5.32. The quantitative estimate of drug-likeness (QED) is 0.762. The van der Waals surface area contributed by atoms with Gasteiger partial charge in [-0.25, -0.2) is 0 Å². The van der Waals surface area contributed by atoms with E-state index < -0.39 is 0 Å². The number of piperidine rings is 1. The Balaban J connectivity index is 0.00000208. The smallest absolute Gasteiger partial charge is 0.251 e. The molecule has 0 aliphatic carbocycles. The standard InChI is InChI=1S/C18H25N3O2.ClH/c1-2-8-19-17(22)12-4-3-5-13(9-12)18(23)21-16-10-14-6-7-15(11-16)20-14;/h3-5,9,14-16,20H,2,6-8,10-11H2,1H3,(H,19,22)(H,21,23);1H. The minimum absolute atomic E-state index is 0. The van der Waals surface area contributed by atoms with Crippen molar-refractivity contribution >= 4 is 24.2 Å². The minimum Gasteiger partial charge on any atom is -0.352 e. The summed E-state index contributed by atoms with van der Waals surface area (Å²) in [5.74, 6) is -0.206. The number of benzene rings is 1. The third-order valence-corrected chi connectivity index (χ3v) is 4.73. The second-order valence-electron chi connectivity index (χ2n) is 6.62. The molecule has 1 aromatic rings. The Hall–Kier alpha value is -1.59. The number of carbonyl (C=O) groups excluding carboxylic acids is 2. The van der Waals surface area contributed by atoms with Crippen LogP contribution < -0.4 is 16.0 Å². The first-order chi connectivity index (χ1) is 11.2. The first-order valence-corrected chi connectivity index (χ1v) is 8.61. The zero-order chi connectivity index (χ0) is 16.2. The zero-order valence-corrected chi connectivity index (χ0v) is 14.8. The van der Waals surface area contributed by atoms with E-state index >= 15 is 0 Å². The van der Waals surface area contributed by atoms with Gasteiger partial charge in [-0.05, 0) is 50.3 Å². The Morgan fingerprint density at radius 1 is 1.12 bits per heavy atom. The van der Waals surface area contributed by atoms with Gasteiger partial charge in [0.25, 0.3) is 11.8 Å². The zero-order valence-electron chi connectivity index (χ0n) is 14.0. The highest BCUT2D eigenvalue weighted by Crippen LogP contribution is 2.26. The van der Waals surface area contributed by atoms with Crippen molar-refractivity contribution in [3.8, 4) is 0 Å². The third kappa shape index (κ3) is 4.48. The summed E-state index contributed by atoms with van der Waals surface area (Å²) in [5, 5.41) is 9.54. The number of rotatable bonds is 5. The number of amides is 2. The van der Waals surface area contributed by atoms with Gasteiger partial charge in [-0.2, -0.15) is 0 Å². The lowest BCUT2D eigenvalue weighted by atomic mass is 9.99. The lowest BCUT2D eigenvalue weighted by Crippen LogP contribution is -2.48. The van der Waals surface area contributed by atoms with Crippen molar-refractivity contribution in [1.29, 1.82) is 0 Å². The van der Waals surface area contributed by atoms with E-state index in [-0.39, 0.29) is 30.3 Å². The van der Waals surface area contributed by atoms with Gasteiger partial charge in [0.1, 0.15) is 0 Å². The Morgan fingerprint density at radius 3 is 2.38 bits per heavy atom. The van der Waals surface area contributed by atoms with Gasteiger partial charge in [0, 0.05) is 35.8 Å². The fraction of sp³-hybridized carbons (Fsp3) is 0.556. The Bertz CT molecular complexity index is 581. The summed E-state index contributed by atoms with van der Waals surface area (Å²) in [4.78, 5) is 24.5. The maximum atomic E-state index is 12.5. The Kier molecular flexibility index (Phi) is 6.63. The monoisotopic (exact) mass is 351 g/mol. The maximum absolute atomic E-state index is 12.5. The van der Waals surface area contributed by atoms with Crippen molar-refractivity contribution < 1.29 is 9.59 Å². The van der Waals surface area contributed by atoms with Gasteiger partial charge in [0.05, 0.1) is 0 Å². The molecule has 2 aliphatic heterocycles. The van der Waals surface area contributed by atoms with Gasteiger partial charge in [-0.1, -0.05) is 13.0 Å². The molecule has 2 saturated heterocycles. The van der Waals surface area contributed by atoms with Crippen LogP contribution in [0.2, 0.25) is 0 Å². The molecule has 0 aromatic heterocycles. The molecule has 2 aliphatic rings. The minimum atomic E-state index is -0.124. The first-order valence-electron chi connectivity index (χ1n) is 8.61. The molecule has 132 valence electrons. The van der Waals surface area contributed by atoms with Crippen molar-refractivity contribution in [2.75, 3.05) is 6.54 Å². The summed E-state index contributed by atoms with van der Waals surface area (Å²) >= 11 is 0. The SMILES string of the molecule is CCCNC(=O)c1cccc(C(=O)NC2CC3CCC(C2)N3)c1.Cl. The molecule has 2 heterocycles. The third-order valence-electron chi connectivity index (χ3n) is 4.73. The number of halogens is 1. The molecule has 2 amide bonds. The van der Waals surface area contributed by atoms with Crippen LogP contribution in [-0.2, 0) is 0 Å². The molecule has 2 unspecified atom stereocenters. The maximum Gasteiger partial charge on any atom is 0.251 e. The van der Waals surface area contributed by atoms with E-state index in [1.54, 1.807) is 24.3 Å². The molecule has 5 nitrogen and oxygen atoms in total.